The van der Waals surface area contributed by atoms with Crippen molar-refractivity contribution in [2.24, 2.45) is 11.3 Å². The number of carbonyl (C=O) groups is 1. The first kappa shape index (κ1) is 26.8. The molecule has 0 bridgehead atoms. The van der Waals surface area contributed by atoms with E-state index in [9.17, 15) is 9.90 Å². The summed E-state index contributed by atoms with van der Waals surface area (Å²) in [5.74, 6) is 0.532. The molecule has 2 aliphatic heterocycles. The number of benzene rings is 2. The maximum Gasteiger partial charge on any atom is 0.339 e. The molecule has 2 aromatic heterocycles. The number of nitrogens with one attached hydrogen (secondary N) is 1. The Morgan fingerprint density at radius 1 is 1.10 bits per heavy atom. The third-order valence-corrected chi connectivity index (χ3v) is 10.5. The maximum absolute atomic E-state index is 12.0. The van der Waals surface area contributed by atoms with Gasteiger partial charge in [-0.2, -0.15) is 0 Å². The molecule has 4 heterocycles. The smallest absolute Gasteiger partial charge is 0.339 e. The van der Waals surface area contributed by atoms with Crippen molar-refractivity contribution in [2.45, 2.75) is 44.6 Å². The zero-order valence-corrected chi connectivity index (χ0v) is 25.2. The van der Waals surface area contributed by atoms with Crippen LogP contribution in [0.25, 0.3) is 11.0 Å². The molecule has 3 aliphatic rings. The molecule has 0 radical (unpaired) electrons. The second-order valence-electron chi connectivity index (χ2n) is 12.0. The Labute approximate surface area is 254 Å². The van der Waals surface area contributed by atoms with Gasteiger partial charge in [0, 0.05) is 64.5 Å². The monoisotopic (exact) mass is 662 g/mol. The zero-order chi connectivity index (χ0) is 28.0. The number of ether oxygens (including phenoxy) is 1. The SMILES string of the molecule is O=C(O)c1ccc(N2CCC(CN3CC4(CCCC4)C3c3ccccc3I)CC2)cc1Oc1cnc2[nH]ccc2c1. The number of pyridine rings is 1. The summed E-state index contributed by atoms with van der Waals surface area (Å²) >= 11 is 2.53. The van der Waals surface area contributed by atoms with Crippen LogP contribution in [0.1, 0.15) is 60.5 Å². The van der Waals surface area contributed by atoms with Gasteiger partial charge in [0.05, 0.1) is 6.20 Å². The molecule has 2 aromatic carbocycles. The van der Waals surface area contributed by atoms with Gasteiger partial charge in [-0.1, -0.05) is 31.0 Å². The van der Waals surface area contributed by atoms with Crippen LogP contribution in [0.3, 0.4) is 0 Å². The van der Waals surface area contributed by atoms with E-state index in [0.717, 1.165) is 49.2 Å². The highest BCUT2D eigenvalue weighted by molar-refractivity contribution is 14.1. The molecule has 1 unspecified atom stereocenters. The number of rotatable bonds is 7. The van der Waals surface area contributed by atoms with E-state index in [0.29, 0.717) is 28.9 Å². The van der Waals surface area contributed by atoms with Crippen molar-refractivity contribution in [3.05, 3.63) is 81.7 Å². The average molecular weight is 663 g/mol. The summed E-state index contributed by atoms with van der Waals surface area (Å²) in [6, 6.07) is 18.8. The number of likely N-dealkylation sites (tertiary alicyclic amines) is 1. The Kier molecular flexibility index (Phi) is 7.15. The van der Waals surface area contributed by atoms with Gasteiger partial charge in [-0.3, -0.25) is 4.90 Å². The lowest BCUT2D eigenvalue weighted by molar-refractivity contribution is -0.0836. The van der Waals surface area contributed by atoms with Crippen molar-refractivity contribution >= 4 is 45.3 Å². The summed E-state index contributed by atoms with van der Waals surface area (Å²) in [6.07, 6.45) is 11.2. The summed E-state index contributed by atoms with van der Waals surface area (Å²) in [5.41, 5.74) is 3.93. The minimum Gasteiger partial charge on any atom is -0.478 e. The van der Waals surface area contributed by atoms with Crippen LogP contribution >= 0.6 is 22.6 Å². The molecule has 2 saturated heterocycles. The van der Waals surface area contributed by atoms with E-state index in [-0.39, 0.29) is 5.56 Å². The average Bonchev–Trinajstić information content (AvgIpc) is 3.65. The molecule has 1 spiro atoms. The summed E-state index contributed by atoms with van der Waals surface area (Å²) in [6.45, 7) is 4.32. The number of aromatic carboxylic acids is 1. The standard InChI is InChI=1S/C33H35IN4O3/c34-28-6-2-1-5-26(28)30-33(12-3-4-13-33)21-38(30)20-22-10-15-37(16-11-22)24-7-8-27(32(39)40)29(18-24)41-25-17-23-9-14-35-31(23)36-19-25/h1-2,5-9,14,17-19,22,30H,3-4,10-13,15-16,20-21H2,(H,35,36)(H,39,40). The van der Waals surface area contributed by atoms with Crippen molar-refractivity contribution in [3.8, 4) is 11.5 Å². The Bertz CT molecular complexity index is 1570. The van der Waals surface area contributed by atoms with Gasteiger partial charge in [0.15, 0.2) is 0 Å². The number of anilines is 1. The van der Waals surface area contributed by atoms with Crippen molar-refractivity contribution in [1.82, 2.24) is 14.9 Å². The van der Waals surface area contributed by atoms with Gasteiger partial charge in [0.25, 0.3) is 0 Å². The van der Waals surface area contributed by atoms with E-state index in [2.05, 4.69) is 66.6 Å². The predicted octanol–water partition coefficient (Wildman–Crippen LogP) is 7.49. The minimum absolute atomic E-state index is 0.151. The molecule has 7 rings (SSSR count). The second kappa shape index (κ2) is 10.9. The molecule has 7 nitrogen and oxygen atoms in total. The highest BCUT2D eigenvalue weighted by atomic mass is 127. The van der Waals surface area contributed by atoms with Crippen molar-refractivity contribution < 1.29 is 14.6 Å². The number of H-pyrrole nitrogens is 1. The van der Waals surface area contributed by atoms with Gasteiger partial charge in [-0.05, 0) is 90.1 Å². The fourth-order valence-electron chi connectivity index (χ4n) is 7.54. The van der Waals surface area contributed by atoms with E-state index < -0.39 is 5.97 Å². The topological polar surface area (TPSA) is 81.7 Å². The molecule has 1 saturated carbocycles. The molecule has 1 atom stereocenters. The lowest BCUT2D eigenvalue weighted by Gasteiger charge is -2.58. The minimum atomic E-state index is -1.00. The summed E-state index contributed by atoms with van der Waals surface area (Å²) in [5, 5.41) is 10.7. The number of nitrogens with zero attached hydrogens (tertiary/aromatic N) is 3. The van der Waals surface area contributed by atoms with Crippen molar-refractivity contribution in [1.29, 1.82) is 0 Å². The third-order valence-electron chi connectivity index (χ3n) is 9.53. The highest BCUT2D eigenvalue weighted by Gasteiger charge is 2.54. The van der Waals surface area contributed by atoms with Crippen LogP contribution in [0.5, 0.6) is 11.5 Å². The van der Waals surface area contributed by atoms with Crippen LogP contribution in [0.4, 0.5) is 5.69 Å². The number of hydrogen-bond donors (Lipinski definition) is 2. The van der Waals surface area contributed by atoms with E-state index in [4.69, 9.17) is 4.74 Å². The molecule has 212 valence electrons. The Hall–Kier alpha value is -3.11. The molecular weight excluding hydrogens is 627 g/mol. The van der Waals surface area contributed by atoms with Gasteiger partial charge < -0.3 is 19.7 Å². The van der Waals surface area contributed by atoms with Gasteiger partial charge in [-0.15, -0.1) is 0 Å². The Balaban J connectivity index is 1.03. The fourth-order valence-corrected chi connectivity index (χ4v) is 8.22. The molecule has 2 N–H and O–H groups in total. The van der Waals surface area contributed by atoms with Crippen LogP contribution in [-0.4, -0.2) is 52.1 Å². The summed E-state index contributed by atoms with van der Waals surface area (Å²) in [7, 11) is 0. The van der Waals surface area contributed by atoms with Crippen LogP contribution in [0.15, 0.2) is 67.0 Å². The van der Waals surface area contributed by atoms with Gasteiger partial charge in [-0.25, -0.2) is 9.78 Å². The Morgan fingerprint density at radius 2 is 1.90 bits per heavy atom. The number of fused-ring (bicyclic) bond motifs is 1. The van der Waals surface area contributed by atoms with E-state index in [1.165, 1.54) is 41.4 Å². The summed E-state index contributed by atoms with van der Waals surface area (Å²) in [4.78, 5) is 24.6. The van der Waals surface area contributed by atoms with Crippen LogP contribution in [0, 0.1) is 14.9 Å². The quantitative estimate of drug-likeness (QED) is 0.200. The largest absolute Gasteiger partial charge is 0.478 e. The molecule has 4 aromatic rings. The first-order valence-corrected chi connectivity index (χ1v) is 15.8. The third kappa shape index (κ3) is 5.09. The van der Waals surface area contributed by atoms with Crippen LogP contribution in [0.2, 0.25) is 0 Å². The van der Waals surface area contributed by atoms with Crippen molar-refractivity contribution in [3.63, 3.8) is 0 Å². The molecule has 1 aliphatic carbocycles. The molecular formula is C33H35IN4O3. The van der Waals surface area contributed by atoms with Crippen molar-refractivity contribution in [2.75, 3.05) is 31.1 Å². The van der Waals surface area contributed by atoms with E-state index in [1.807, 2.05) is 30.5 Å². The molecule has 8 heteroatoms. The van der Waals surface area contributed by atoms with Gasteiger partial charge in [0.2, 0.25) is 0 Å². The van der Waals surface area contributed by atoms with E-state index >= 15 is 0 Å². The number of hydrogen-bond acceptors (Lipinski definition) is 5. The van der Waals surface area contributed by atoms with Crippen LogP contribution in [-0.2, 0) is 0 Å². The number of halogens is 1. The van der Waals surface area contributed by atoms with Crippen LogP contribution < -0.4 is 9.64 Å². The van der Waals surface area contributed by atoms with Gasteiger partial charge >= 0.3 is 5.97 Å². The first-order valence-electron chi connectivity index (χ1n) is 14.7. The maximum atomic E-state index is 12.0. The summed E-state index contributed by atoms with van der Waals surface area (Å²) < 4.78 is 7.49. The normalized spacial score (nSPS) is 20.9. The number of aromatic amines is 1. The predicted molar refractivity (Wildman–Crippen MR) is 169 cm³/mol. The number of carboxylic acid groups (broad SMARTS) is 1. The molecule has 41 heavy (non-hydrogen) atoms. The first-order chi connectivity index (χ1) is 20.0. The highest BCUT2D eigenvalue weighted by Crippen LogP contribution is 2.59. The fraction of sp³-hybridized carbons (Fsp3) is 0.394. The lowest BCUT2D eigenvalue weighted by atomic mass is 9.67. The van der Waals surface area contributed by atoms with Gasteiger partial charge in [0.1, 0.15) is 22.7 Å². The van der Waals surface area contributed by atoms with E-state index in [1.54, 1.807) is 12.3 Å². The molecule has 3 fully saturated rings. The number of carboxylic acids is 1. The molecule has 0 amide bonds. The zero-order valence-electron chi connectivity index (χ0n) is 23.1. The lowest BCUT2D eigenvalue weighted by Crippen LogP contribution is -2.59. The second-order valence-corrected chi connectivity index (χ2v) is 13.2. The number of aromatic nitrogens is 2. The Morgan fingerprint density at radius 3 is 2.68 bits per heavy atom. The number of piperidine rings is 1.